The van der Waals surface area contributed by atoms with E-state index in [9.17, 15) is 0 Å². The summed E-state index contributed by atoms with van der Waals surface area (Å²) in [7, 11) is 0. The molecule has 77 heavy (non-hydrogen) atoms. The first-order chi connectivity index (χ1) is 38.2. The van der Waals surface area contributed by atoms with Crippen molar-refractivity contribution in [3.63, 3.8) is 0 Å². The molecule has 2 aliphatic rings. The van der Waals surface area contributed by atoms with Crippen LogP contribution >= 0.6 is 22.7 Å². The first-order valence-corrected chi connectivity index (χ1v) is 28.1. The third kappa shape index (κ3) is 6.87. The van der Waals surface area contributed by atoms with Gasteiger partial charge in [-0.15, -0.1) is 22.7 Å². The molecule has 0 spiro atoms. The highest BCUT2D eigenvalue weighted by molar-refractivity contribution is 7.26. The van der Waals surface area contributed by atoms with Gasteiger partial charge in [0.2, 0.25) is 0 Å². The molecule has 0 N–H and O–H groups in total. The third-order valence-corrected chi connectivity index (χ3v) is 18.5. The van der Waals surface area contributed by atoms with Gasteiger partial charge in [-0.3, -0.25) is 0 Å². The summed E-state index contributed by atoms with van der Waals surface area (Å²) in [4.78, 5) is 5.19. The van der Waals surface area contributed by atoms with Crippen LogP contribution in [0.25, 0.3) is 96.0 Å². The fourth-order valence-electron chi connectivity index (χ4n) is 12.7. The Morgan fingerprint density at radius 3 is 1.21 bits per heavy atom. The van der Waals surface area contributed by atoms with Crippen LogP contribution in [0.15, 0.2) is 273 Å². The number of rotatable bonds is 7. The summed E-state index contributed by atoms with van der Waals surface area (Å²) < 4.78 is 5.25. The maximum Gasteiger partial charge on any atom is 0.252 e. The molecule has 0 aliphatic carbocycles. The molecule has 12 aromatic carbocycles. The smallest absolute Gasteiger partial charge is 0.252 e. The van der Waals surface area contributed by atoms with Crippen molar-refractivity contribution < 1.29 is 0 Å². The molecule has 4 heterocycles. The quantitative estimate of drug-likeness (QED) is 0.147. The molecule has 0 saturated carbocycles. The number of nitrogens with zero attached hydrogens (tertiary/aromatic N) is 2. The molecule has 0 saturated heterocycles. The average molecular weight is 1010 g/mol. The number of hydrogen-bond donors (Lipinski definition) is 0. The minimum absolute atomic E-state index is 0.130. The van der Waals surface area contributed by atoms with E-state index in [1.54, 1.807) is 0 Å². The van der Waals surface area contributed by atoms with Crippen LogP contribution in [0, 0.1) is 0 Å². The Labute approximate surface area is 455 Å². The lowest BCUT2D eigenvalue weighted by molar-refractivity contribution is 1.25. The van der Waals surface area contributed by atoms with Crippen molar-refractivity contribution in [2.45, 2.75) is 0 Å². The number of para-hydroxylation sites is 2. The summed E-state index contributed by atoms with van der Waals surface area (Å²) in [5.41, 5.74) is 22.8. The molecule has 16 rings (SSSR count). The third-order valence-electron chi connectivity index (χ3n) is 16.1. The predicted octanol–water partition coefficient (Wildman–Crippen LogP) is 18.8. The molecule has 0 fully saturated rings. The van der Waals surface area contributed by atoms with Gasteiger partial charge in [-0.2, -0.15) is 0 Å². The van der Waals surface area contributed by atoms with Crippen molar-refractivity contribution in [2.75, 3.05) is 9.80 Å². The zero-order chi connectivity index (χ0) is 50.6. The second-order valence-corrected chi connectivity index (χ2v) is 22.3. The first-order valence-electron chi connectivity index (χ1n) is 26.4. The standard InChI is InChI=1S/C72H45BN2S2/c1-4-20-46(21-5-1)51-26-10-13-35-62(51)74-63-42-40-49(54-31-17-33-58-56-27-11-14-38-67(56)76-71(54)58)44-60(63)73-61-45-50(55-32-18-34-59-57-28-12-15-39-68(57)77-72(55)59)41-43-64(61)75(66-37-19-36-65(74)69(66)73)70-52(47-22-6-2-7-23-47)29-16-30-53(70)48-24-8-3-9-25-48/h1-45H. The number of benzene rings is 12. The van der Waals surface area contributed by atoms with Crippen LogP contribution in [-0.4, -0.2) is 6.71 Å². The molecule has 2 nitrogen and oxygen atoms in total. The molecule has 14 aromatic rings. The van der Waals surface area contributed by atoms with Crippen LogP contribution in [0.2, 0.25) is 0 Å². The van der Waals surface area contributed by atoms with Crippen LogP contribution in [0.4, 0.5) is 34.1 Å². The monoisotopic (exact) mass is 1010 g/mol. The van der Waals surface area contributed by atoms with Crippen molar-refractivity contribution in [2.24, 2.45) is 0 Å². The number of anilines is 6. The van der Waals surface area contributed by atoms with E-state index >= 15 is 0 Å². The van der Waals surface area contributed by atoms with Crippen molar-refractivity contribution in [3.05, 3.63) is 273 Å². The van der Waals surface area contributed by atoms with Crippen LogP contribution in [0.3, 0.4) is 0 Å². The summed E-state index contributed by atoms with van der Waals surface area (Å²) in [6, 6.07) is 102. The summed E-state index contributed by atoms with van der Waals surface area (Å²) in [5, 5.41) is 5.22. The van der Waals surface area contributed by atoms with Gasteiger partial charge in [0.1, 0.15) is 0 Å². The zero-order valence-corrected chi connectivity index (χ0v) is 43.4. The topological polar surface area (TPSA) is 6.48 Å². The number of fused-ring (bicyclic) bond motifs is 10. The van der Waals surface area contributed by atoms with Crippen LogP contribution in [0.5, 0.6) is 0 Å². The molecule has 5 heteroatoms. The van der Waals surface area contributed by atoms with Gasteiger partial charge in [0.05, 0.1) is 11.4 Å². The van der Waals surface area contributed by atoms with E-state index in [0.717, 1.165) is 11.4 Å². The fourth-order valence-corrected chi connectivity index (χ4v) is 15.2. The molecule has 0 unspecified atom stereocenters. The molecule has 2 aliphatic heterocycles. The summed E-state index contributed by atoms with van der Waals surface area (Å²) in [6.07, 6.45) is 0. The Morgan fingerprint density at radius 2 is 0.649 bits per heavy atom. The normalized spacial score (nSPS) is 12.6. The highest BCUT2D eigenvalue weighted by Gasteiger charge is 2.44. The van der Waals surface area contributed by atoms with E-state index in [-0.39, 0.29) is 6.71 Å². The van der Waals surface area contributed by atoms with Gasteiger partial charge >= 0.3 is 0 Å². The van der Waals surface area contributed by atoms with Crippen LogP contribution in [0.1, 0.15) is 0 Å². The summed E-state index contributed by atoms with van der Waals surface area (Å²) in [5.74, 6) is 0. The van der Waals surface area contributed by atoms with Crippen LogP contribution < -0.4 is 26.2 Å². The lowest BCUT2D eigenvalue weighted by Crippen LogP contribution is -2.61. The van der Waals surface area contributed by atoms with Gasteiger partial charge in [0.25, 0.3) is 6.71 Å². The molecule has 0 radical (unpaired) electrons. The van der Waals surface area contributed by atoms with E-state index in [4.69, 9.17) is 0 Å². The molecular weight excluding hydrogens is 968 g/mol. The molecular formula is C72H45BN2S2. The Morgan fingerprint density at radius 1 is 0.260 bits per heavy atom. The Kier molecular flexibility index (Phi) is 10.1. The summed E-state index contributed by atoms with van der Waals surface area (Å²) >= 11 is 3.79. The van der Waals surface area contributed by atoms with E-state index in [2.05, 4.69) is 283 Å². The maximum atomic E-state index is 2.62. The zero-order valence-electron chi connectivity index (χ0n) is 41.8. The van der Waals surface area contributed by atoms with Gasteiger partial charge in [-0.25, -0.2) is 0 Å². The van der Waals surface area contributed by atoms with Gasteiger partial charge in [-0.1, -0.05) is 231 Å². The van der Waals surface area contributed by atoms with E-state index in [1.807, 2.05) is 22.7 Å². The largest absolute Gasteiger partial charge is 0.311 e. The molecule has 2 aromatic heterocycles. The predicted molar refractivity (Wildman–Crippen MR) is 333 cm³/mol. The Bertz CT molecular complexity index is 4600. The van der Waals surface area contributed by atoms with E-state index in [0.29, 0.717) is 0 Å². The second kappa shape index (κ2) is 17.7. The first kappa shape index (κ1) is 44.1. The van der Waals surface area contributed by atoms with Crippen molar-refractivity contribution in [1.82, 2.24) is 0 Å². The Balaban J connectivity index is 1.03. The van der Waals surface area contributed by atoms with Gasteiger partial charge in [-0.05, 0) is 97.8 Å². The molecule has 0 amide bonds. The van der Waals surface area contributed by atoms with Crippen molar-refractivity contribution >= 4 is 120 Å². The fraction of sp³-hybridized carbons (Fsp3) is 0. The average Bonchev–Trinajstić information content (AvgIpc) is 4.13. The van der Waals surface area contributed by atoms with Gasteiger partial charge < -0.3 is 9.80 Å². The Hall–Kier alpha value is -9.26. The lowest BCUT2D eigenvalue weighted by atomic mass is 9.33. The van der Waals surface area contributed by atoms with Crippen molar-refractivity contribution in [3.8, 4) is 55.6 Å². The minimum Gasteiger partial charge on any atom is -0.311 e. The van der Waals surface area contributed by atoms with Crippen molar-refractivity contribution in [1.29, 1.82) is 0 Å². The summed E-state index contributed by atoms with van der Waals surface area (Å²) in [6.45, 7) is -0.130. The van der Waals surface area contributed by atoms with E-state index < -0.39 is 0 Å². The second-order valence-electron chi connectivity index (χ2n) is 20.2. The SMILES string of the molecule is c1ccc(-c2ccccc2N2c3ccc(-c4cccc5c4sc4ccccc45)cc3B3c4cc(-c5cccc6c5sc5ccccc56)ccc4N(c4c(-c5ccccc5)cccc4-c4ccccc4)c4cccc2c43)cc1. The van der Waals surface area contributed by atoms with Gasteiger partial charge in [0.15, 0.2) is 0 Å². The lowest BCUT2D eigenvalue weighted by Gasteiger charge is -2.45. The highest BCUT2D eigenvalue weighted by Crippen LogP contribution is 2.52. The number of hydrogen-bond acceptors (Lipinski definition) is 4. The molecule has 0 atom stereocenters. The highest BCUT2D eigenvalue weighted by atomic mass is 32.1. The van der Waals surface area contributed by atoms with E-state index in [1.165, 1.54) is 135 Å². The minimum atomic E-state index is -0.130. The van der Waals surface area contributed by atoms with Crippen LogP contribution in [-0.2, 0) is 0 Å². The molecule has 358 valence electrons. The maximum absolute atomic E-state index is 2.62. The number of thiophene rings is 2. The van der Waals surface area contributed by atoms with Gasteiger partial charge in [0, 0.05) is 79.8 Å². The molecule has 0 bridgehead atoms.